The summed E-state index contributed by atoms with van der Waals surface area (Å²) in [6, 6.07) is 10.4. The summed E-state index contributed by atoms with van der Waals surface area (Å²) in [5.41, 5.74) is 12.1. The number of carboxylic acids is 1. The second kappa shape index (κ2) is 15.7. The van der Waals surface area contributed by atoms with Crippen LogP contribution in [0.15, 0.2) is 70.8 Å². The second-order valence-corrected chi connectivity index (χ2v) is 13.5. The van der Waals surface area contributed by atoms with Crippen molar-refractivity contribution in [3.63, 3.8) is 0 Å². The zero-order valence-corrected chi connectivity index (χ0v) is 27.3. The molecule has 0 bridgehead atoms. The molecule has 1 aliphatic heterocycles. The average molecular weight is 667 g/mol. The van der Waals surface area contributed by atoms with Gasteiger partial charge in [-0.2, -0.15) is 4.31 Å². The molecule has 1 aliphatic rings. The van der Waals surface area contributed by atoms with Gasteiger partial charge in [-0.3, -0.25) is 19.6 Å². The minimum atomic E-state index is -4.15. The quantitative estimate of drug-likeness (QED) is 0.0942. The van der Waals surface area contributed by atoms with Crippen molar-refractivity contribution in [3.05, 3.63) is 66.5 Å². The van der Waals surface area contributed by atoms with Crippen LogP contribution in [0, 0.1) is 0 Å². The zero-order valence-electron chi connectivity index (χ0n) is 26.5. The molecular formula is C32H42N8O6S. The number of pyridine rings is 1. The molecule has 7 N–H and O–H groups in total. The van der Waals surface area contributed by atoms with Crippen LogP contribution in [0.1, 0.15) is 37.7 Å². The topological polar surface area (TPSA) is 213 Å². The Bertz CT molecular complexity index is 1710. The minimum absolute atomic E-state index is 0.00184. The van der Waals surface area contributed by atoms with Gasteiger partial charge in [-0.15, -0.1) is 0 Å². The number of amides is 2. The molecule has 3 atom stereocenters. The normalized spacial score (nSPS) is 16.5. The summed E-state index contributed by atoms with van der Waals surface area (Å²) in [4.78, 5) is 49.4. The Morgan fingerprint density at radius 1 is 1.04 bits per heavy atom. The number of rotatable bonds is 14. The number of aliphatic imine (C=N–C) groups is 1. The Labute approximate surface area is 274 Å². The number of hydrogen-bond donors (Lipinski definition) is 5. The van der Waals surface area contributed by atoms with Crippen LogP contribution >= 0.6 is 0 Å². The van der Waals surface area contributed by atoms with Gasteiger partial charge in [0.1, 0.15) is 18.1 Å². The number of guanidine groups is 1. The summed E-state index contributed by atoms with van der Waals surface area (Å²) in [6.45, 7) is 0.303. The number of piperidine rings is 1. The van der Waals surface area contributed by atoms with Gasteiger partial charge in [-0.05, 0) is 49.4 Å². The SMILES string of the molecule is CN(C)c1cccc2c(S(=O)(=O)N3CCCC[C@H]3C(=O)N[C@@H](Cc3cccnc3)C(=O)N[C@@H](CCCN=C(N)N)C(=O)O)cccc12. The molecular weight excluding hydrogens is 624 g/mol. The molecule has 2 heterocycles. The van der Waals surface area contributed by atoms with Gasteiger partial charge >= 0.3 is 5.97 Å². The van der Waals surface area contributed by atoms with Crippen LogP contribution in [-0.4, -0.2) is 91.9 Å². The highest BCUT2D eigenvalue weighted by atomic mass is 32.2. The van der Waals surface area contributed by atoms with E-state index >= 15 is 0 Å². The summed E-state index contributed by atoms with van der Waals surface area (Å²) in [5, 5.41) is 16.3. The van der Waals surface area contributed by atoms with E-state index in [4.69, 9.17) is 11.5 Å². The van der Waals surface area contributed by atoms with Crippen LogP contribution in [0.3, 0.4) is 0 Å². The number of sulfonamides is 1. The van der Waals surface area contributed by atoms with E-state index in [1.165, 1.54) is 10.5 Å². The van der Waals surface area contributed by atoms with Crippen molar-refractivity contribution < 1.29 is 27.9 Å². The van der Waals surface area contributed by atoms with E-state index in [-0.39, 0.29) is 49.6 Å². The van der Waals surface area contributed by atoms with E-state index in [0.29, 0.717) is 23.8 Å². The monoisotopic (exact) mass is 666 g/mol. The Morgan fingerprint density at radius 3 is 2.47 bits per heavy atom. The molecule has 0 radical (unpaired) electrons. The first kappa shape index (κ1) is 35.1. The predicted molar refractivity (Wildman–Crippen MR) is 179 cm³/mol. The lowest BCUT2D eigenvalue weighted by atomic mass is 10.0. The Morgan fingerprint density at radius 2 is 1.79 bits per heavy atom. The number of benzene rings is 2. The highest BCUT2D eigenvalue weighted by Gasteiger charge is 2.40. The Balaban J connectivity index is 1.60. The summed E-state index contributed by atoms with van der Waals surface area (Å²) >= 11 is 0. The second-order valence-electron chi connectivity index (χ2n) is 11.6. The molecule has 0 aliphatic carbocycles. The Kier molecular flexibility index (Phi) is 11.7. The first-order valence-corrected chi connectivity index (χ1v) is 16.8. The summed E-state index contributed by atoms with van der Waals surface area (Å²) in [5.74, 6) is -2.76. The largest absolute Gasteiger partial charge is 0.480 e. The molecule has 14 nitrogen and oxygen atoms in total. The third-order valence-corrected chi connectivity index (χ3v) is 10.0. The number of carbonyl (C=O) groups excluding carboxylic acids is 2. The fourth-order valence-electron chi connectivity index (χ4n) is 5.73. The van der Waals surface area contributed by atoms with E-state index in [1.807, 2.05) is 31.1 Å². The van der Waals surface area contributed by atoms with E-state index < -0.39 is 45.9 Å². The third-order valence-electron chi connectivity index (χ3n) is 8.04. The van der Waals surface area contributed by atoms with E-state index in [1.54, 1.807) is 42.6 Å². The lowest BCUT2D eigenvalue weighted by molar-refractivity contribution is -0.142. The lowest BCUT2D eigenvalue weighted by Gasteiger charge is -2.35. The first-order valence-electron chi connectivity index (χ1n) is 15.4. The zero-order chi connectivity index (χ0) is 34.1. The molecule has 1 saturated heterocycles. The van der Waals surface area contributed by atoms with Crippen molar-refractivity contribution >= 4 is 50.2 Å². The minimum Gasteiger partial charge on any atom is -0.480 e. The maximum absolute atomic E-state index is 14.3. The lowest BCUT2D eigenvalue weighted by Crippen LogP contribution is -2.58. The number of nitrogens with one attached hydrogen (secondary N) is 2. The Hall–Kier alpha value is -4.76. The molecule has 47 heavy (non-hydrogen) atoms. The number of anilines is 1. The van der Waals surface area contributed by atoms with Crippen LogP contribution in [0.5, 0.6) is 0 Å². The van der Waals surface area contributed by atoms with E-state index in [9.17, 15) is 27.9 Å². The third kappa shape index (κ3) is 8.74. The molecule has 0 saturated carbocycles. The molecule has 2 amide bonds. The maximum atomic E-state index is 14.3. The molecule has 15 heteroatoms. The summed E-state index contributed by atoms with van der Waals surface area (Å²) in [7, 11) is -0.393. The van der Waals surface area contributed by atoms with Crippen molar-refractivity contribution in [1.82, 2.24) is 19.9 Å². The molecule has 1 fully saturated rings. The molecule has 2 aromatic carbocycles. The average Bonchev–Trinajstić information content (AvgIpc) is 3.05. The van der Waals surface area contributed by atoms with Crippen molar-refractivity contribution in [2.75, 3.05) is 32.1 Å². The molecule has 252 valence electrons. The summed E-state index contributed by atoms with van der Waals surface area (Å²) in [6.07, 6.45) is 4.86. The van der Waals surface area contributed by atoms with Gasteiger partial charge in [-0.25, -0.2) is 13.2 Å². The van der Waals surface area contributed by atoms with Gasteiger partial charge in [0, 0.05) is 62.5 Å². The van der Waals surface area contributed by atoms with Crippen molar-refractivity contribution in [1.29, 1.82) is 0 Å². The number of aliphatic carboxylic acids is 1. The van der Waals surface area contributed by atoms with E-state index in [2.05, 4.69) is 20.6 Å². The van der Waals surface area contributed by atoms with Gasteiger partial charge in [-0.1, -0.05) is 36.8 Å². The number of nitrogens with two attached hydrogens (primary N) is 2. The molecule has 0 spiro atoms. The highest BCUT2D eigenvalue weighted by Crippen LogP contribution is 2.34. The fourth-order valence-corrected chi connectivity index (χ4v) is 7.59. The smallest absolute Gasteiger partial charge is 0.326 e. The number of nitrogens with zero attached hydrogens (tertiary/aromatic N) is 4. The number of aromatic nitrogens is 1. The highest BCUT2D eigenvalue weighted by molar-refractivity contribution is 7.89. The number of carbonyl (C=O) groups is 3. The van der Waals surface area contributed by atoms with Crippen LogP contribution in [0.25, 0.3) is 10.8 Å². The van der Waals surface area contributed by atoms with Crippen LogP contribution < -0.4 is 27.0 Å². The number of carboxylic acid groups (broad SMARTS) is 1. The van der Waals surface area contributed by atoms with Crippen molar-refractivity contribution in [2.45, 2.75) is 61.5 Å². The predicted octanol–water partition coefficient (Wildman–Crippen LogP) is 1.19. The van der Waals surface area contributed by atoms with Crippen LogP contribution in [0.4, 0.5) is 5.69 Å². The fraction of sp³-hybridized carbons (Fsp3) is 0.406. The molecule has 1 aromatic heterocycles. The van der Waals surface area contributed by atoms with Crippen molar-refractivity contribution in [3.8, 4) is 0 Å². The van der Waals surface area contributed by atoms with Gasteiger partial charge in [0.25, 0.3) is 0 Å². The number of hydrogen-bond acceptors (Lipinski definition) is 8. The maximum Gasteiger partial charge on any atom is 0.326 e. The van der Waals surface area contributed by atoms with Gasteiger partial charge in [0.05, 0.1) is 4.90 Å². The van der Waals surface area contributed by atoms with Gasteiger partial charge < -0.3 is 32.1 Å². The number of fused-ring (bicyclic) bond motifs is 1. The van der Waals surface area contributed by atoms with Gasteiger partial charge in [0.2, 0.25) is 21.8 Å². The molecule has 3 aromatic rings. The van der Waals surface area contributed by atoms with E-state index in [0.717, 1.165) is 11.1 Å². The van der Waals surface area contributed by atoms with Gasteiger partial charge in [0.15, 0.2) is 5.96 Å². The summed E-state index contributed by atoms with van der Waals surface area (Å²) < 4.78 is 29.7. The standard InChI is InChI=1S/C32H42N8O6S/c1-39(2)26-14-5-11-23-22(26)10-6-15-28(23)47(45,46)40-18-4-3-13-27(40)30(42)38-25(19-21-9-7-16-35-20-21)29(41)37-24(31(43)44)12-8-17-36-32(33)34/h5-7,9-11,14-16,20,24-25,27H,3-4,8,12-13,17-19H2,1-2H3,(H,37,41)(H,38,42)(H,43,44)(H4,33,34,36)/t24-,25-,27-/m0/s1. The van der Waals surface area contributed by atoms with Crippen LogP contribution in [-0.2, 0) is 30.8 Å². The first-order chi connectivity index (χ1) is 22.4. The molecule has 0 unspecified atom stereocenters. The van der Waals surface area contributed by atoms with Crippen LogP contribution in [0.2, 0.25) is 0 Å². The van der Waals surface area contributed by atoms with Crippen molar-refractivity contribution in [2.24, 2.45) is 16.5 Å². The molecule has 4 rings (SSSR count).